The number of carboxylic acid groups (broad SMARTS) is 1. The van der Waals surface area contributed by atoms with E-state index in [4.69, 9.17) is 5.11 Å². The van der Waals surface area contributed by atoms with E-state index in [1.165, 1.54) is 6.07 Å². The van der Waals surface area contributed by atoms with Gasteiger partial charge >= 0.3 is 5.97 Å². The molecule has 1 rings (SSSR count). The third-order valence-corrected chi connectivity index (χ3v) is 2.75. The minimum absolute atomic E-state index is 0.00454. The number of rotatable bonds is 7. The van der Waals surface area contributed by atoms with Gasteiger partial charge in [-0.3, -0.25) is 9.59 Å². The lowest BCUT2D eigenvalue weighted by Gasteiger charge is -2.06. The Balaban J connectivity index is 2.24. The molecule has 0 aliphatic heterocycles. The van der Waals surface area contributed by atoms with Gasteiger partial charge in [0.15, 0.2) is 0 Å². The molecule has 0 bridgehead atoms. The molecule has 0 unspecified atom stereocenters. The largest absolute Gasteiger partial charge is 0.481 e. The van der Waals surface area contributed by atoms with Gasteiger partial charge in [0.1, 0.15) is 5.82 Å². The summed E-state index contributed by atoms with van der Waals surface area (Å²) in [6, 6.07) is 4.87. The molecule has 0 fully saturated rings. The van der Waals surface area contributed by atoms with Crippen LogP contribution >= 0.6 is 0 Å². The number of amides is 1. The highest BCUT2D eigenvalue weighted by atomic mass is 19.1. The molecule has 0 saturated carbocycles. The fourth-order valence-electron chi connectivity index (χ4n) is 1.70. The molecule has 0 aliphatic rings. The molecule has 4 nitrogen and oxygen atoms in total. The number of carboxylic acids is 1. The molecular weight excluding hydrogens is 249 g/mol. The van der Waals surface area contributed by atoms with E-state index in [9.17, 15) is 14.0 Å². The summed E-state index contributed by atoms with van der Waals surface area (Å²) in [5, 5.41) is 11.2. The summed E-state index contributed by atoms with van der Waals surface area (Å²) in [5.74, 6) is -1.28. The molecule has 2 N–H and O–H groups in total. The number of aryl methyl sites for hydroxylation is 1. The second-order valence-electron chi connectivity index (χ2n) is 4.43. The number of benzene rings is 1. The number of carbonyl (C=O) groups excluding carboxylic acids is 1. The Morgan fingerprint density at radius 3 is 2.68 bits per heavy atom. The van der Waals surface area contributed by atoms with E-state index in [0.29, 0.717) is 24.9 Å². The maximum atomic E-state index is 13.0. The van der Waals surface area contributed by atoms with Crippen molar-refractivity contribution in [1.82, 2.24) is 5.32 Å². The van der Waals surface area contributed by atoms with E-state index in [0.717, 1.165) is 5.56 Å². The number of hydrogen-bond donors (Lipinski definition) is 2. The Morgan fingerprint density at radius 1 is 1.32 bits per heavy atom. The second kappa shape index (κ2) is 7.51. The summed E-state index contributed by atoms with van der Waals surface area (Å²) in [4.78, 5) is 21.6. The van der Waals surface area contributed by atoms with Crippen LogP contribution in [0.5, 0.6) is 0 Å². The van der Waals surface area contributed by atoms with E-state index in [2.05, 4.69) is 5.32 Å². The number of carbonyl (C=O) groups is 2. The second-order valence-corrected chi connectivity index (χ2v) is 4.43. The van der Waals surface area contributed by atoms with Crippen LogP contribution in [-0.2, 0) is 16.0 Å². The van der Waals surface area contributed by atoms with Crippen LogP contribution in [0.2, 0.25) is 0 Å². The Bertz CT molecular complexity index is 460. The highest BCUT2D eigenvalue weighted by molar-refractivity contribution is 5.76. The molecule has 5 heteroatoms. The number of nitrogens with one attached hydrogen (secondary N) is 1. The van der Waals surface area contributed by atoms with Crippen LogP contribution in [0.4, 0.5) is 4.39 Å². The highest BCUT2D eigenvalue weighted by Gasteiger charge is 2.04. The van der Waals surface area contributed by atoms with Gasteiger partial charge in [-0.2, -0.15) is 0 Å². The molecule has 104 valence electrons. The quantitative estimate of drug-likeness (QED) is 0.794. The Hall–Kier alpha value is -1.91. The van der Waals surface area contributed by atoms with Gasteiger partial charge in [0.2, 0.25) is 5.91 Å². The molecule has 1 aromatic carbocycles. The summed E-state index contributed by atoms with van der Waals surface area (Å²) in [6.07, 6.45) is 1.20. The molecule has 19 heavy (non-hydrogen) atoms. The molecule has 0 atom stereocenters. The Morgan fingerprint density at radius 2 is 2.05 bits per heavy atom. The van der Waals surface area contributed by atoms with E-state index in [1.807, 2.05) is 0 Å². The van der Waals surface area contributed by atoms with E-state index >= 15 is 0 Å². The lowest BCUT2D eigenvalue weighted by atomic mass is 10.1. The SMILES string of the molecule is Cc1cc(CCNC(=O)CCCC(=O)O)ccc1F. The van der Waals surface area contributed by atoms with E-state index < -0.39 is 5.97 Å². The van der Waals surface area contributed by atoms with Crippen molar-refractivity contribution in [2.45, 2.75) is 32.6 Å². The van der Waals surface area contributed by atoms with Crippen LogP contribution < -0.4 is 5.32 Å². The summed E-state index contributed by atoms with van der Waals surface area (Å²) >= 11 is 0. The van der Waals surface area contributed by atoms with E-state index in [-0.39, 0.29) is 24.6 Å². The van der Waals surface area contributed by atoms with E-state index in [1.54, 1.807) is 19.1 Å². The fourth-order valence-corrected chi connectivity index (χ4v) is 1.70. The average molecular weight is 267 g/mol. The zero-order valence-electron chi connectivity index (χ0n) is 10.9. The molecule has 0 heterocycles. The summed E-state index contributed by atoms with van der Waals surface area (Å²) < 4.78 is 13.0. The van der Waals surface area contributed by atoms with Crippen molar-refractivity contribution in [3.63, 3.8) is 0 Å². The first kappa shape index (κ1) is 15.1. The van der Waals surface area contributed by atoms with Gasteiger partial charge < -0.3 is 10.4 Å². The topological polar surface area (TPSA) is 66.4 Å². The fraction of sp³-hybridized carbons (Fsp3) is 0.429. The number of aliphatic carboxylic acids is 1. The van der Waals surface area contributed by atoms with Crippen molar-refractivity contribution in [2.75, 3.05) is 6.54 Å². The van der Waals surface area contributed by atoms with Gasteiger partial charge in [0.25, 0.3) is 0 Å². The average Bonchev–Trinajstić information content (AvgIpc) is 2.33. The first-order valence-corrected chi connectivity index (χ1v) is 6.22. The molecule has 0 aliphatic carbocycles. The van der Waals surface area contributed by atoms with Gasteiger partial charge in [-0.25, -0.2) is 4.39 Å². The molecule has 0 aromatic heterocycles. The van der Waals surface area contributed by atoms with Gasteiger partial charge in [-0.1, -0.05) is 12.1 Å². The summed E-state index contributed by atoms with van der Waals surface area (Å²) in [5.41, 5.74) is 1.55. The molecular formula is C14H18FNO3. The van der Waals surface area contributed by atoms with Gasteiger partial charge in [-0.15, -0.1) is 0 Å². The van der Waals surface area contributed by atoms with Crippen molar-refractivity contribution in [3.05, 3.63) is 35.1 Å². The molecule has 1 amide bonds. The molecule has 0 saturated heterocycles. The van der Waals surface area contributed by atoms with Gasteiger partial charge in [0, 0.05) is 19.4 Å². The lowest BCUT2D eigenvalue weighted by Crippen LogP contribution is -2.25. The Kier molecular flexibility index (Phi) is 5.99. The predicted molar refractivity (Wildman–Crippen MR) is 69.3 cm³/mol. The summed E-state index contributed by atoms with van der Waals surface area (Å²) in [7, 11) is 0. The van der Waals surface area contributed by atoms with Crippen LogP contribution in [0.3, 0.4) is 0 Å². The zero-order chi connectivity index (χ0) is 14.3. The maximum Gasteiger partial charge on any atom is 0.303 e. The minimum atomic E-state index is -0.894. The van der Waals surface area contributed by atoms with Crippen LogP contribution in [0.1, 0.15) is 30.4 Å². The molecule has 1 aromatic rings. The number of halogens is 1. The molecule has 0 radical (unpaired) electrons. The standard InChI is InChI=1S/C14H18FNO3/c1-10-9-11(5-6-12(10)15)7-8-16-13(17)3-2-4-14(18)19/h5-6,9H,2-4,7-8H2,1H3,(H,16,17)(H,18,19). The van der Waals surface area contributed by atoms with Crippen molar-refractivity contribution in [2.24, 2.45) is 0 Å². The van der Waals surface area contributed by atoms with Crippen molar-refractivity contribution >= 4 is 11.9 Å². The van der Waals surface area contributed by atoms with Crippen LogP contribution in [0.15, 0.2) is 18.2 Å². The van der Waals surface area contributed by atoms with Gasteiger partial charge in [0.05, 0.1) is 0 Å². The first-order valence-electron chi connectivity index (χ1n) is 6.22. The monoisotopic (exact) mass is 267 g/mol. The van der Waals surface area contributed by atoms with Crippen LogP contribution in [-0.4, -0.2) is 23.5 Å². The number of hydrogen-bond acceptors (Lipinski definition) is 2. The first-order chi connectivity index (χ1) is 8.99. The lowest BCUT2D eigenvalue weighted by molar-refractivity contribution is -0.137. The van der Waals surface area contributed by atoms with Crippen LogP contribution in [0.25, 0.3) is 0 Å². The third-order valence-electron chi connectivity index (χ3n) is 2.75. The van der Waals surface area contributed by atoms with Gasteiger partial charge in [-0.05, 0) is 37.0 Å². The third kappa shape index (κ3) is 5.99. The normalized spacial score (nSPS) is 10.2. The van der Waals surface area contributed by atoms with Crippen molar-refractivity contribution < 1.29 is 19.1 Å². The highest BCUT2D eigenvalue weighted by Crippen LogP contribution is 2.09. The Labute approximate surface area is 111 Å². The minimum Gasteiger partial charge on any atom is -0.481 e. The van der Waals surface area contributed by atoms with Crippen LogP contribution in [0, 0.1) is 12.7 Å². The maximum absolute atomic E-state index is 13.0. The summed E-state index contributed by atoms with van der Waals surface area (Å²) in [6.45, 7) is 2.17. The van der Waals surface area contributed by atoms with Crippen molar-refractivity contribution in [1.29, 1.82) is 0 Å². The zero-order valence-corrected chi connectivity index (χ0v) is 10.9. The smallest absolute Gasteiger partial charge is 0.303 e. The van der Waals surface area contributed by atoms with Crippen molar-refractivity contribution in [3.8, 4) is 0 Å². The molecule has 0 spiro atoms. The predicted octanol–water partition coefficient (Wildman–Crippen LogP) is 2.05.